The molecule has 1 saturated heterocycles. The van der Waals surface area contributed by atoms with Gasteiger partial charge in [0, 0.05) is 22.2 Å². The summed E-state index contributed by atoms with van der Waals surface area (Å²) in [7, 11) is 0. The highest BCUT2D eigenvalue weighted by Gasteiger charge is 2.34. The second-order valence-electron chi connectivity index (χ2n) is 5.54. The van der Waals surface area contributed by atoms with E-state index in [-0.39, 0.29) is 11.6 Å². The number of piperidine rings is 1. The van der Waals surface area contributed by atoms with Crippen LogP contribution in [0.3, 0.4) is 0 Å². The summed E-state index contributed by atoms with van der Waals surface area (Å²) in [4.78, 5) is 2.42. The molecule has 17 heavy (non-hydrogen) atoms. The van der Waals surface area contributed by atoms with Crippen LogP contribution >= 0.6 is 15.9 Å². The summed E-state index contributed by atoms with van der Waals surface area (Å²) in [6.07, 6.45) is 1.54. The third-order valence-electron chi connectivity index (χ3n) is 3.60. The Bertz CT molecular complexity index is 417. The van der Waals surface area contributed by atoms with Crippen LogP contribution < -0.4 is 4.90 Å². The van der Waals surface area contributed by atoms with Crippen LogP contribution in [0.2, 0.25) is 0 Å². The lowest BCUT2D eigenvalue weighted by molar-refractivity contribution is 0.107. The quantitative estimate of drug-likeness (QED) is 0.858. The maximum atomic E-state index is 9.79. The van der Waals surface area contributed by atoms with Crippen molar-refractivity contribution in [3.05, 3.63) is 28.2 Å². The Morgan fingerprint density at radius 1 is 1.41 bits per heavy atom. The number of nitrogens with zero attached hydrogens (tertiary/aromatic N) is 1. The molecule has 0 amide bonds. The van der Waals surface area contributed by atoms with Crippen molar-refractivity contribution >= 4 is 21.6 Å². The van der Waals surface area contributed by atoms with Crippen LogP contribution in [-0.4, -0.2) is 23.3 Å². The molecule has 3 heteroatoms. The molecule has 0 saturated carbocycles. The van der Waals surface area contributed by atoms with Crippen molar-refractivity contribution < 1.29 is 5.11 Å². The standard InChI is InChI=1S/C14H20BrNO/c1-10-8-11(15)4-5-13(10)16-7-6-12(17)9-14(16,2)3/h4-5,8,12,17H,6-7,9H2,1-3H3. The van der Waals surface area contributed by atoms with Crippen LogP contribution in [0.25, 0.3) is 0 Å². The van der Waals surface area contributed by atoms with Crippen LogP contribution in [0.5, 0.6) is 0 Å². The number of aliphatic hydroxyl groups is 1. The largest absolute Gasteiger partial charge is 0.393 e. The Balaban J connectivity index is 2.33. The van der Waals surface area contributed by atoms with Crippen molar-refractivity contribution in [1.82, 2.24) is 0 Å². The van der Waals surface area contributed by atoms with Crippen LogP contribution in [0.1, 0.15) is 32.3 Å². The van der Waals surface area contributed by atoms with Gasteiger partial charge in [0.05, 0.1) is 6.10 Å². The second kappa shape index (κ2) is 4.62. The fourth-order valence-electron chi connectivity index (χ4n) is 2.74. The molecule has 0 radical (unpaired) electrons. The molecule has 1 aromatic rings. The molecule has 1 N–H and O–H groups in total. The minimum atomic E-state index is -0.156. The molecular formula is C14H20BrNO. The van der Waals surface area contributed by atoms with Gasteiger partial charge in [-0.25, -0.2) is 0 Å². The maximum Gasteiger partial charge on any atom is 0.0579 e. The summed E-state index contributed by atoms with van der Waals surface area (Å²) in [5.41, 5.74) is 2.59. The van der Waals surface area contributed by atoms with Crippen molar-refractivity contribution in [2.45, 2.75) is 45.3 Å². The van der Waals surface area contributed by atoms with Crippen molar-refractivity contribution in [3.63, 3.8) is 0 Å². The van der Waals surface area contributed by atoms with Crippen molar-refractivity contribution in [3.8, 4) is 0 Å². The zero-order chi connectivity index (χ0) is 12.6. The lowest BCUT2D eigenvalue weighted by atomic mass is 9.87. The molecule has 1 aromatic carbocycles. The molecule has 1 unspecified atom stereocenters. The summed E-state index contributed by atoms with van der Waals surface area (Å²) in [6, 6.07) is 6.40. The summed E-state index contributed by atoms with van der Waals surface area (Å²) >= 11 is 3.50. The predicted octanol–water partition coefficient (Wildman–Crippen LogP) is 3.50. The first kappa shape index (κ1) is 12.9. The highest BCUT2D eigenvalue weighted by atomic mass is 79.9. The molecule has 0 spiro atoms. The van der Waals surface area contributed by atoms with E-state index in [2.05, 4.69) is 59.8 Å². The van der Waals surface area contributed by atoms with E-state index in [4.69, 9.17) is 0 Å². The fourth-order valence-corrected chi connectivity index (χ4v) is 3.21. The second-order valence-corrected chi connectivity index (χ2v) is 6.46. The van der Waals surface area contributed by atoms with E-state index >= 15 is 0 Å². The van der Waals surface area contributed by atoms with Gasteiger partial charge in [-0.2, -0.15) is 0 Å². The van der Waals surface area contributed by atoms with Crippen molar-refractivity contribution in [1.29, 1.82) is 0 Å². The van der Waals surface area contributed by atoms with Gasteiger partial charge in [-0.15, -0.1) is 0 Å². The summed E-state index contributed by atoms with van der Waals surface area (Å²) in [6.45, 7) is 7.48. The maximum absolute atomic E-state index is 9.79. The molecule has 2 nitrogen and oxygen atoms in total. The number of anilines is 1. The van der Waals surface area contributed by atoms with Crippen LogP contribution in [-0.2, 0) is 0 Å². The van der Waals surface area contributed by atoms with E-state index in [1.54, 1.807) is 0 Å². The molecule has 0 aromatic heterocycles. The highest BCUT2D eigenvalue weighted by molar-refractivity contribution is 9.10. The average molecular weight is 298 g/mol. The molecule has 1 aliphatic rings. The Morgan fingerprint density at radius 3 is 2.71 bits per heavy atom. The summed E-state index contributed by atoms with van der Waals surface area (Å²) in [5.74, 6) is 0. The van der Waals surface area contributed by atoms with Crippen LogP contribution in [0.15, 0.2) is 22.7 Å². The minimum Gasteiger partial charge on any atom is -0.393 e. The summed E-state index contributed by atoms with van der Waals surface area (Å²) < 4.78 is 1.12. The molecule has 1 atom stereocenters. The van der Waals surface area contributed by atoms with Gasteiger partial charge in [0.1, 0.15) is 0 Å². The Hall–Kier alpha value is -0.540. The SMILES string of the molecule is Cc1cc(Br)ccc1N1CCC(O)CC1(C)C. The van der Waals surface area contributed by atoms with Gasteiger partial charge < -0.3 is 10.0 Å². The number of hydrogen-bond donors (Lipinski definition) is 1. The monoisotopic (exact) mass is 297 g/mol. The first-order valence-corrected chi connectivity index (χ1v) is 6.91. The van der Waals surface area contributed by atoms with Gasteiger partial charge >= 0.3 is 0 Å². The highest BCUT2D eigenvalue weighted by Crippen LogP contribution is 2.35. The zero-order valence-corrected chi connectivity index (χ0v) is 12.3. The van der Waals surface area contributed by atoms with Gasteiger partial charge in [0.25, 0.3) is 0 Å². The molecule has 0 bridgehead atoms. The number of hydrogen-bond acceptors (Lipinski definition) is 2. The van der Waals surface area contributed by atoms with Crippen LogP contribution in [0.4, 0.5) is 5.69 Å². The fraction of sp³-hybridized carbons (Fsp3) is 0.571. The van der Waals surface area contributed by atoms with Crippen molar-refractivity contribution in [2.75, 3.05) is 11.4 Å². The lowest BCUT2D eigenvalue weighted by Gasteiger charge is -2.46. The van der Waals surface area contributed by atoms with E-state index in [9.17, 15) is 5.11 Å². The molecular weight excluding hydrogens is 278 g/mol. The number of aliphatic hydroxyl groups excluding tert-OH is 1. The average Bonchev–Trinajstić information content (AvgIpc) is 2.18. The minimum absolute atomic E-state index is 0.0241. The number of benzene rings is 1. The predicted molar refractivity (Wildman–Crippen MR) is 75.5 cm³/mol. The van der Waals surface area contributed by atoms with E-state index in [0.29, 0.717) is 0 Å². The van der Waals surface area contributed by atoms with Gasteiger partial charge in [-0.05, 0) is 57.4 Å². The van der Waals surface area contributed by atoms with Gasteiger partial charge in [-0.1, -0.05) is 15.9 Å². The number of aryl methyl sites for hydroxylation is 1. The molecule has 2 rings (SSSR count). The third kappa shape index (κ3) is 2.66. The third-order valence-corrected chi connectivity index (χ3v) is 4.09. The topological polar surface area (TPSA) is 23.5 Å². The van der Waals surface area contributed by atoms with E-state index in [1.165, 1.54) is 11.3 Å². The Morgan fingerprint density at radius 2 is 2.12 bits per heavy atom. The molecule has 1 aliphatic heterocycles. The molecule has 94 valence electrons. The lowest BCUT2D eigenvalue weighted by Crippen LogP contribution is -2.51. The first-order valence-electron chi connectivity index (χ1n) is 6.12. The van der Waals surface area contributed by atoms with E-state index in [0.717, 1.165) is 23.9 Å². The number of halogens is 1. The zero-order valence-electron chi connectivity index (χ0n) is 10.7. The molecule has 1 heterocycles. The Kier molecular flexibility index (Phi) is 3.50. The van der Waals surface area contributed by atoms with E-state index < -0.39 is 0 Å². The smallest absolute Gasteiger partial charge is 0.0579 e. The summed E-state index contributed by atoms with van der Waals surface area (Å²) in [5, 5.41) is 9.79. The van der Waals surface area contributed by atoms with Crippen LogP contribution in [0, 0.1) is 6.92 Å². The Labute approximate surface area is 112 Å². The first-order chi connectivity index (χ1) is 7.90. The van der Waals surface area contributed by atoms with Gasteiger partial charge in [-0.3, -0.25) is 0 Å². The van der Waals surface area contributed by atoms with Crippen molar-refractivity contribution in [2.24, 2.45) is 0 Å². The molecule has 0 aliphatic carbocycles. The number of rotatable bonds is 1. The normalized spacial score (nSPS) is 23.8. The van der Waals surface area contributed by atoms with E-state index in [1.807, 2.05) is 0 Å². The molecule has 1 fully saturated rings. The van der Waals surface area contributed by atoms with Gasteiger partial charge in [0.2, 0.25) is 0 Å². The van der Waals surface area contributed by atoms with Gasteiger partial charge in [0.15, 0.2) is 0 Å².